The molecule has 1 heteroatoms. The maximum atomic E-state index is 11.2. The van der Waals surface area contributed by atoms with Crippen LogP contribution in [-0.2, 0) is 4.79 Å². The Morgan fingerprint density at radius 2 is 2.06 bits per heavy atom. The van der Waals surface area contributed by atoms with E-state index in [0.29, 0.717) is 5.41 Å². The van der Waals surface area contributed by atoms with Gasteiger partial charge in [-0.2, -0.15) is 0 Å². The van der Waals surface area contributed by atoms with E-state index in [9.17, 15) is 4.79 Å². The molecule has 3 rings (SSSR count). The number of hydrogen-bond acceptors (Lipinski definition) is 1. The van der Waals surface area contributed by atoms with Crippen LogP contribution in [-0.4, -0.2) is 5.94 Å². The summed E-state index contributed by atoms with van der Waals surface area (Å²) in [5.41, 5.74) is 1.86. The average Bonchev–Trinajstić information content (AvgIpc) is 2.68. The molecular weight excluding hydrogens is 196 g/mol. The highest BCUT2D eigenvalue weighted by Gasteiger charge is 2.64. The fraction of sp³-hybridized carbons (Fsp3) is 0.867. The lowest BCUT2D eigenvalue weighted by molar-refractivity contribution is 0.140. The largest absolute Gasteiger partial charge is 0.234 e. The van der Waals surface area contributed by atoms with Gasteiger partial charge in [-0.1, -0.05) is 20.8 Å². The van der Waals surface area contributed by atoms with Crippen LogP contribution in [0.3, 0.4) is 0 Å². The van der Waals surface area contributed by atoms with Crippen molar-refractivity contribution >= 4 is 5.94 Å². The van der Waals surface area contributed by atoms with Gasteiger partial charge < -0.3 is 0 Å². The molecule has 0 aromatic carbocycles. The second-order valence-corrected chi connectivity index (χ2v) is 6.98. The predicted octanol–water partition coefficient (Wildman–Crippen LogP) is 3.62. The van der Waals surface area contributed by atoms with Gasteiger partial charge in [-0.15, -0.1) is 0 Å². The summed E-state index contributed by atoms with van der Waals surface area (Å²) in [6, 6.07) is 0. The first kappa shape index (κ1) is 10.6. The molecule has 3 fully saturated rings. The fourth-order valence-electron chi connectivity index (χ4n) is 5.49. The van der Waals surface area contributed by atoms with Crippen LogP contribution in [0.2, 0.25) is 0 Å². The fourth-order valence-corrected chi connectivity index (χ4v) is 5.49. The van der Waals surface area contributed by atoms with Gasteiger partial charge in [0.05, 0.1) is 0 Å². The minimum atomic E-state index is 0.280. The molecule has 4 atom stereocenters. The Balaban J connectivity index is 2.11. The highest BCUT2D eigenvalue weighted by molar-refractivity contribution is 5.57. The molecule has 16 heavy (non-hydrogen) atoms. The second-order valence-electron chi connectivity index (χ2n) is 6.98. The molecule has 2 bridgehead atoms. The molecule has 0 N–H and O–H groups in total. The third-order valence-corrected chi connectivity index (χ3v) is 6.24. The van der Waals surface area contributed by atoms with Gasteiger partial charge in [0.1, 0.15) is 5.94 Å². The molecule has 0 aliphatic heterocycles. The van der Waals surface area contributed by atoms with Gasteiger partial charge in [0.25, 0.3) is 0 Å². The van der Waals surface area contributed by atoms with Gasteiger partial charge >= 0.3 is 0 Å². The van der Waals surface area contributed by atoms with Gasteiger partial charge in [-0.3, -0.25) is 0 Å². The summed E-state index contributed by atoms with van der Waals surface area (Å²) < 4.78 is 0. The standard InChI is InChI=1S/C15H22O/c1-10-6-7-15-8-12(10)14(2,3)13(15)5-4-11(15)9-16/h10,12-13H,4-8H2,1-3H3/t10-,12-,13+,15-/m1/s1. The third kappa shape index (κ3) is 1.01. The van der Waals surface area contributed by atoms with Crippen LogP contribution in [0.5, 0.6) is 0 Å². The highest BCUT2D eigenvalue weighted by Crippen LogP contribution is 2.71. The van der Waals surface area contributed by atoms with Gasteiger partial charge in [-0.05, 0) is 55.3 Å². The van der Waals surface area contributed by atoms with Gasteiger partial charge in [0, 0.05) is 11.0 Å². The Labute approximate surface area is 98.3 Å². The summed E-state index contributed by atoms with van der Waals surface area (Å²) in [5.74, 6) is 4.73. The van der Waals surface area contributed by atoms with Gasteiger partial charge in [-0.25, -0.2) is 4.79 Å². The molecule has 0 aromatic rings. The van der Waals surface area contributed by atoms with Crippen molar-refractivity contribution in [3.05, 3.63) is 5.57 Å². The summed E-state index contributed by atoms with van der Waals surface area (Å²) in [4.78, 5) is 11.2. The second kappa shape index (κ2) is 3.01. The zero-order valence-corrected chi connectivity index (χ0v) is 10.7. The lowest BCUT2D eigenvalue weighted by atomic mass is 9.68. The van der Waals surface area contributed by atoms with E-state index in [4.69, 9.17) is 0 Å². The Hall–Kier alpha value is -0.550. The molecule has 0 aromatic heterocycles. The topological polar surface area (TPSA) is 17.1 Å². The molecule has 0 radical (unpaired) electrons. The Bertz CT molecular complexity index is 375. The van der Waals surface area contributed by atoms with E-state index in [1.807, 2.05) is 0 Å². The molecule has 1 nitrogen and oxygen atoms in total. The van der Waals surface area contributed by atoms with Crippen molar-refractivity contribution in [1.29, 1.82) is 0 Å². The van der Waals surface area contributed by atoms with E-state index in [1.165, 1.54) is 25.7 Å². The number of hydrogen-bond donors (Lipinski definition) is 0. The molecule has 0 heterocycles. The number of allylic oxidation sites excluding steroid dienone is 1. The summed E-state index contributed by atoms with van der Waals surface area (Å²) in [7, 11) is 0. The molecule has 0 saturated heterocycles. The number of carbonyl (C=O) groups excluding carboxylic acids is 1. The van der Waals surface area contributed by atoms with Crippen molar-refractivity contribution < 1.29 is 4.79 Å². The van der Waals surface area contributed by atoms with E-state index >= 15 is 0 Å². The zero-order valence-electron chi connectivity index (χ0n) is 10.7. The molecule has 0 amide bonds. The van der Waals surface area contributed by atoms with Crippen molar-refractivity contribution in [1.82, 2.24) is 0 Å². The van der Waals surface area contributed by atoms with Crippen molar-refractivity contribution in [2.45, 2.75) is 52.9 Å². The van der Waals surface area contributed by atoms with Crippen LogP contribution >= 0.6 is 0 Å². The van der Waals surface area contributed by atoms with E-state index in [-0.39, 0.29) is 5.41 Å². The van der Waals surface area contributed by atoms with E-state index in [2.05, 4.69) is 26.7 Å². The van der Waals surface area contributed by atoms with Gasteiger partial charge in [0.2, 0.25) is 0 Å². The number of fused-ring (bicyclic) bond motifs is 1. The van der Waals surface area contributed by atoms with Crippen molar-refractivity contribution in [2.75, 3.05) is 0 Å². The van der Waals surface area contributed by atoms with Crippen LogP contribution in [0, 0.1) is 28.6 Å². The molecule has 3 saturated carbocycles. The van der Waals surface area contributed by atoms with Crippen molar-refractivity contribution in [2.24, 2.45) is 28.6 Å². The smallest absolute Gasteiger partial charge is 0.124 e. The minimum absolute atomic E-state index is 0.280. The van der Waals surface area contributed by atoms with Crippen LogP contribution < -0.4 is 0 Å². The quantitative estimate of drug-likeness (QED) is 0.568. The monoisotopic (exact) mass is 218 g/mol. The van der Waals surface area contributed by atoms with Crippen LogP contribution in [0.25, 0.3) is 0 Å². The van der Waals surface area contributed by atoms with E-state index in [0.717, 1.165) is 29.7 Å². The average molecular weight is 218 g/mol. The van der Waals surface area contributed by atoms with Crippen LogP contribution in [0.4, 0.5) is 0 Å². The Morgan fingerprint density at radius 1 is 1.31 bits per heavy atom. The maximum absolute atomic E-state index is 11.2. The van der Waals surface area contributed by atoms with E-state index < -0.39 is 0 Å². The third-order valence-electron chi connectivity index (χ3n) is 6.24. The molecular formula is C15H22O. The first-order valence-electron chi connectivity index (χ1n) is 6.77. The highest BCUT2D eigenvalue weighted by atomic mass is 16.1. The minimum Gasteiger partial charge on any atom is -0.234 e. The predicted molar refractivity (Wildman–Crippen MR) is 64.6 cm³/mol. The maximum Gasteiger partial charge on any atom is 0.124 e. The Morgan fingerprint density at radius 3 is 2.75 bits per heavy atom. The molecule has 3 aliphatic rings. The normalized spacial score (nSPS) is 48.9. The van der Waals surface area contributed by atoms with Gasteiger partial charge in [0.15, 0.2) is 0 Å². The summed E-state index contributed by atoms with van der Waals surface area (Å²) in [5, 5.41) is 0. The first-order chi connectivity index (χ1) is 7.52. The lowest BCUT2D eigenvalue weighted by Gasteiger charge is -2.36. The zero-order chi connectivity index (χ0) is 11.6. The number of rotatable bonds is 0. The first-order valence-corrected chi connectivity index (χ1v) is 6.77. The molecule has 3 aliphatic carbocycles. The van der Waals surface area contributed by atoms with Crippen LogP contribution in [0.1, 0.15) is 52.9 Å². The summed E-state index contributed by atoms with van der Waals surface area (Å²) >= 11 is 0. The summed E-state index contributed by atoms with van der Waals surface area (Å²) in [6.07, 6.45) is 6.11. The van der Waals surface area contributed by atoms with Crippen molar-refractivity contribution in [3.8, 4) is 0 Å². The summed E-state index contributed by atoms with van der Waals surface area (Å²) in [6.45, 7) is 7.30. The van der Waals surface area contributed by atoms with Crippen molar-refractivity contribution in [3.63, 3.8) is 0 Å². The van der Waals surface area contributed by atoms with E-state index in [1.54, 1.807) is 0 Å². The molecule has 88 valence electrons. The molecule has 1 spiro atoms. The van der Waals surface area contributed by atoms with Crippen LogP contribution in [0.15, 0.2) is 5.57 Å². The molecule has 0 unspecified atom stereocenters. The lowest BCUT2D eigenvalue weighted by Crippen LogP contribution is -2.28. The Kier molecular flexibility index (Phi) is 2.00. The SMILES string of the molecule is C[C@@H]1CC[C@]23C[C@H]1C(C)(C)[C@@H]2CCC3=C=O.